The maximum atomic E-state index is 13.0. The molecule has 29 heavy (non-hydrogen) atoms. The number of hydrogen-bond acceptors (Lipinski definition) is 6. The van der Waals surface area contributed by atoms with Gasteiger partial charge in [-0.05, 0) is 30.5 Å². The lowest BCUT2D eigenvalue weighted by atomic mass is 10.0. The van der Waals surface area contributed by atoms with E-state index in [0.29, 0.717) is 19.0 Å². The van der Waals surface area contributed by atoms with Crippen molar-refractivity contribution < 1.29 is 14.3 Å². The maximum absolute atomic E-state index is 13.0. The van der Waals surface area contributed by atoms with Crippen LogP contribution in [0.5, 0.6) is 11.5 Å². The fourth-order valence-electron chi connectivity index (χ4n) is 4.00. The third-order valence-electron chi connectivity index (χ3n) is 5.39. The van der Waals surface area contributed by atoms with E-state index in [1.807, 2.05) is 47.4 Å². The molecule has 0 spiro atoms. The number of hydrogen-bond donors (Lipinski definition) is 0. The first kappa shape index (κ1) is 18.2. The average molecular weight is 407 g/mol. The van der Waals surface area contributed by atoms with Crippen molar-refractivity contribution in [2.45, 2.75) is 23.9 Å². The van der Waals surface area contributed by atoms with Crippen LogP contribution >= 0.6 is 11.8 Å². The van der Waals surface area contributed by atoms with Gasteiger partial charge in [0, 0.05) is 17.3 Å². The Balaban J connectivity index is 1.31. The first-order chi connectivity index (χ1) is 14.3. The number of likely N-dealkylation sites (tertiary alicyclic amines) is 1. The minimum Gasteiger partial charge on any atom is -0.486 e. The van der Waals surface area contributed by atoms with E-state index in [1.54, 1.807) is 6.20 Å². The lowest BCUT2D eigenvalue weighted by Crippen LogP contribution is -2.32. The minimum absolute atomic E-state index is 0.0810. The predicted octanol–water partition coefficient (Wildman–Crippen LogP) is 3.86. The van der Waals surface area contributed by atoms with E-state index >= 15 is 0 Å². The molecule has 3 heterocycles. The van der Waals surface area contributed by atoms with Crippen molar-refractivity contribution in [2.75, 3.05) is 25.5 Å². The van der Waals surface area contributed by atoms with E-state index in [-0.39, 0.29) is 11.9 Å². The number of carbonyl (C=O) groups excluding carboxylic acids is 1. The highest BCUT2D eigenvalue weighted by Gasteiger charge is 2.31. The van der Waals surface area contributed by atoms with Crippen molar-refractivity contribution in [2.24, 2.45) is 0 Å². The van der Waals surface area contributed by atoms with Gasteiger partial charge in [0.25, 0.3) is 0 Å². The SMILES string of the molecule is O=C(CSc1nncc2ccccc12)N1CCCC1c1ccc2c(c1)OCCO2. The first-order valence-corrected chi connectivity index (χ1v) is 10.8. The van der Waals surface area contributed by atoms with Gasteiger partial charge in [0.2, 0.25) is 5.91 Å². The molecule has 0 N–H and O–H groups in total. The van der Waals surface area contributed by atoms with E-state index in [0.717, 1.165) is 52.2 Å². The average Bonchev–Trinajstić information content (AvgIpc) is 3.27. The second-order valence-corrected chi connectivity index (χ2v) is 8.14. The third kappa shape index (κ3) is 3.62. The summed E-state index contributed by atoms with van der Waals surface area (Å²) in [4.78, 5) is 15.0. The van der Waals surface area contributed by atoms with Crippen LogP contribution in [0.2, 0.25) is 0 Å². The van der Waals surface area contributed by atoms with Gasteiger partial charge in [-0.15, -0.1) is 5.10 Å². The van der Waals surface area contributed by atoms with Crippen molar-refractivity contribution >= 4 is 28.4 Å². The summed E-state index contributed by atoms with van der Waals surface area (Å²) in [7, 11) is 0. The Morgan fingerprint density at radius 2 is 2.00 bits per heavy atom. The van der Waals surface area contributed by atoms with Crippen molar-refractivity contribution in [3.63, 3.8) is 0 Å². The fraction of sp³-hybridized carbons (Fsp3) is 0.318. The zero-order chi connectivity index (χ0) is 19.6. The van der Waals surface area contributed by atoms with E-state index in [4.69, 9.17) is 9.47 Å². The number of carbonyl (C=O) groups is 1. The minimum atomic E-state index is 0.0810. The Labute approximate surface area is 173 Å². The predicted molar refractivity (Wildman–Crippen MR) is 111 cm³/mol. The van der Waals surface area contributed by atoms with Gasteiger partial charge in [0.15, 0.2) is 11.5 Å². The molecule has 0 bridgehead atoms. The molecular weight excluding hydrogens is 386 g/mol. The van der Waals surface area contributed by atoms with Gasteiger partial charge in [0.1, 0.15) is 18.2 Å². The number of fused-ring (bicyclic) bond motifs is 2. The molecule has 0 aliphatic carbocycles. The quantitative estimate of drug-likeness (QED) is 0.612. The molecule has 2 aliphatic rings. The highest BCUT2D eigenvalue weighted by molar-refractivity contribution is 8.00. The summed E-state index contributed by atoms with van der Waals surface area (Å²) in [6.07, 6.45) is 3.72. The summed E-state index contributed by atoms with van der Waals surface area (Å²) in [5, 5.41) is 11.2. The van der Waals surface area contributed by atoms with Gasteiger partial charge in [-0.2, -0.15) is 5.10 Å². The van der Waals surface area contributed by atoms with Gasteiger partial charge in [-0.1, -0.05) is 42.1 Å². The fourth-order valence-corrected chi connectivity index (χ4v) is 4.87. The largest absolute Gasteiger partial charge is 0.486 e. The second-order valence-electron chi connectivity index (χ2n) is 7.17. The van der Waals surface area contributed by atoms with Crippen molar-refractivity contribution in [3.8, 4) is 11.5 Å². The molecule has 0 radical (unpaired) electrons. The Hall–Kier alpha value is -2.80. The van der Waals surface area contributed by atoms with Crippen LogP contribution in [0.1, 0.15) is 24.4 Å². The lowest BCUT2D eigenvalue weighted by molar-refractivity contribution is -0.129. The smallest absolute Gasteiger partial charge is 0.233 e. The van der Waals surface area contributed by atoms with Crippen molar-refractivity contribution in [3.05, 3.63) is 54.2 Å². The van der Waals surface area contributed by atoms with Crippen LogP contribution in [-0.2, 0) is 4.79 Å². The summed E-state index contributed by atoms with van der Waals surface area (Å²) in [5.41, 5.74) is 1.11. The molecule has 3 aromatic rings. The molecular formula is C22H21N3O3S. The number of ether oxygens (including phenoxy) is 2. The van der Waals surface area contributed by atoms with E-state index in [9.17, 15) is 4.79 Å². The Kier molecular flexibility index (Phi) is 4.97. The van der Waals surface area contributed by atoms with E-state index in [1.165, 1.54) is 11.8 Å². The summed E-state index contributed by atoms with van der Waals surface area (Å²) in [6.45, 7) is 1.92. The third-order valence-corrected chi connectivity index (χ3v) is 6.36. The monoisotopic (exact) mass is 407 g/mol. The Morgan fingerprint density at radius 3 is 2.93 bits per heavy atom. The van der Waals surface area contributed by atoms with Gasteiger partial charge in [-0.3, -0.25) is 4.79 Å². The molecule has 7 heteroatoms. The highest BCUT2D eigenvalue weighted by Crippen LogP contribution is 2.38. The second kappa shape index (κ2) is 7.91. The van der Waals surface area contributed by atoms with Gasteiger partial charge in [0.05, 0.1) is 18.0 Å². The van der Waals surface area contributed by atoms with Crippen LogP contribution < -0.4 is 9.47 Å². The number of rotatable bonds is 4. The summed E-state index contributed by atoms with van der Waals surface area (Å²) < 4.78 is 11.3. The molecule has 1 amide bonds. The number of amides is 1. The molecule has 2 aromatic carbocycles. The molecule has 1 fully saturated rings. The van der Waals surface area contributed by atoms with E-state index < -0.39 is 0 Å². The normalized spacial score (nSPS) is 18.2. The molecule has 1 atom stereocenters. The summed E-state index contributed by atoms with van der Waals surface area (Å²) in [5.74, 6) is 2.03. The number of thioether (sulfide) groups is 1. The molecule has 2 aliphatic heterocycles. The van der Waals surface area contributed by atoms with Crippen molar-refractivity contribution in [1.82, 2.24) is 15.1 Å². The maximum Gasteiger partial charge on any atom is 0.233 e. The summed E-state index contributed by atoms with van der Waals surface area (Å²) in [6, 6.07) is 14.1. The lowest BCUT2D eigenvalue weighted by Gasteiger charge is -2.26. The Bertz CT molecular complexity index is 1050. The van der Waals surface area contributed by atoms with E-state index in [2.05, 4.69) is 10.2 Å². The van der Waals surface area contributed by atoms with Crippen LogP contribution in [0.4, 0.5) is 0 Å². The number of benzene rings is 2. The molecule has 1 aromatic heterocycles. The van der Waals surface area contributed by atoms with Gasteiger partial charge in [-0.25, -0.2) is 0 Å². The highest BCUT2D eigenvalue weighted by atomic mass is 32.2. The van der Waals surface area contributed by atoms with Crippen molar-refractivity contribution in [1.29, 1.82) is 0 Å². The first-order valence-electron chi connectivity index (χ1n) is 9.82. The molecule has 1 unspecified atom stereocenters. The number of aromatic nitrogens is 2. The molecule has 1 saturated heterocycles. The van der Waals surface area contributed by atoms with Gasteiger partial charge >= 0.3 is 0 Å². The number of nitrogens with zero attached hydrogens (tertiary/aromatic N) is 3. The van der Waals surface area contributed by atoms with Crippen LogP contribution in [-0.4, -0.2) is 46.5 Å². The molecule has 6 nitrogen and oxygen atoms in total. The molecule has 0 saturated carbocycles. The summed E-state index contributed by atoms with van der Waals surface area (Å²) >= 11 is 1.46. The standard InChI is InChI=1S/C22H21N3O3S/c26-21(14-29-22-17-5-2-1-4-16(17)13-23-24-22)25-9-3-6-18(25)15-7-8-19-20(12-15)28-11-10-27-19/h1-2,4-5,7-8,12-13,18H,3,6,9-11,14H2. The van der Waals surface area contributed by atoms with Crippen LogP contribution in [0.25, 0.3) is 10.8 Å². The van der Waals surface area contributed by atoms with Crippen LogP contribution in [0, 0.1) is 0 Å². The van der Waals surface area contributed by atoms with Gasteiger partial charge < -0.3 is 14.4 Å². The van der Waals surface area contributed by atoms with Crippen LogP contribution in [0.3, 0.4) is 0 Å². The molecule has 148 valence electrons. The zero-order valence-electron chi connectivity index (χ0n) is 15.9. The molecule has 5 rings (SSSR count). The van der Waals surface area contributed by atoms with Crippen LogP contribution in [0.15, 0.2) is 53.7 Å². The Morgan fingerprint density at radius 1 is 1.14 bits per heavy atom. The topological polar surface area (TPSA) is 64.6 Å². The zero-order valence-corrected chi connectivity index (χ0v) is 16.7.